The van der Waals surface area contributed by atoms with E-state index in [1.54, 1.807) is 0 Å². The van der Waals surface area contributed by atoms with Crippen LogP contribution in [0.4, 0.5) is 0 Å². The summed E-state index contributed by atoms with van der Waals surface area (Å²) in [5.41, 5.74) is 0. The summed E-state index contributed by atoms with van der Waals surface area (Å²) in [6.07, 6.45) is 4.83. The molecule has 0 aromatic heterocycles. The third kappa shape index (κ3) is 3.19. The minimum atomic E-state index is 0.0472. The fraction of sp³-hybridized carbons (Fsp3) is 0.917. The lowest BCUT2D eigenvalue weighted by molar-refractivity contribution is -0.123. The summed E-state index contributed by atoms with van der Waals surface area (Å²) in [6.45, 7) is 4.80. The molecule has 0 aromatic rings. The molecule has 0 aromatic carbocycles. The van der Waals surface area contributed by atoms with Crippen molar-refractivity contribution in [2.24, 2.45) is 5.92 Å². The SMILES string of the molecule is CCC1CCNC1C(=O)NCCNC1CC1. The maximum absolute atomic E-state index is 11.9. The van der Waals surface area contributed by atoms with Crippen molar-refractivity contribution in [3.8, 4) is 0 Å². The Balaban J connectivity index is 1.61. The van der Waals surface area contributed by atoms with Crippen LogP contribution in [0.1, 0.15) is 32.6 Å². The van der Waals surface area contributed by atoms with Crippen molar-refractivity contribution in [2.45, 2.75) is 44.7 Å². The summed E-state index contributed by atoms with van der Waals surface area (Å²) >= 11 is 0. The molecule has 0 spiro atoms. The number of hydrogen-bond acceptors (Lipinski definition) is 3. The molecule has 3 N–H and O–H groups in total. The van der Waals surface area contributed by atoms with Gasteiger partial charge in [0.05, 0.1) is 6.04 Å². The van der Waals surface area contributed by atoms with Crippen LogP contribution in [0.25, 0.3) is 0 Å². The van der Waals surface area contributed by atoms with Gasteiger partial charge in [0.2, 0.25) is 5.91 Å². The number of carbonyl (C=O) groups is 1. The topological polar surface area (TPSA) is 53.2 Å². The van der Waals surface area contributed by atoms with E-state index in [4.69, 9.17) is 0 Å². The Hall–Kier alpha value is -0.610. The van der Waals surface area contributed by atoms with E-state index >= 15 is 0 Å². The Labute approximate surface area is 97.6 Å². The Morgan fingerprint density at radius 3 is 2.81 bits per heavy atom. The van der Waals surface area contributed by atoms with Crippen LogP contribution in [0.2, 0.25) is 0 Å². The average molecular weight is 225 g/mol. The monoisotopic (exact) mass is 225 g/mol. The normalized spacial score (nSPS) is 29.3. The Morgan fingerprint density at radius 2 is 2.12 bits per heavy atom. The molecule has 2 aliphatic rings. The predicted octanol–water partition coefficient (Wildman–Crippen LogP) is 0.243. The molecule has 1 aliphatic heterocycles. The first-order chi connectivity index (χ1) is 7.81. The molecule has 2 fully saturated rings. The second kappa shape index (κ2) is 5.64. The first-order valence-corrected chi connectivity index (χ1v) is 6.55. The molecule has 2 atom stereocenters. The fourth-order valence-corrected chi connectivity index (χ4v) is 2.36. The number of rotatable bonds is 6. The van der Waals surface area contributed by atoms with Crippen LogP contribution in [-0.4, -0.2) is 37.6 Å². The number of hydrogen-bond donors (Lipinski definition) is 3. The molecule has 0 radical (unpaired) electrons. The zero-order valence-corrected chi connectivity index (χ0v) is 10.1. The van der Waals surface area contributed by atoms with Crippen LogP contribution in [0.5, 0.6) is 0 Å². The van der Waals surface area contributed by atoms with Crippen molar-refractivity contribution in [3.63, 3.8) is 0 Å². The van der Waals surface area contributed by atoms with E-state index in [-0.39, 0.29) is 11.9 Å². The summed E-state index contributed by atoms with van der Waals surface area (Å²) < 4.78 is 0. The summed E-state index contributed by atoms with van der Waals surface area (Å²) in [4.78, 5) is 11.9. The van der Waals surface area contributed by atoms with Gasteiger partial charge in [0.25, 0.3) is 0 Å². The minimum Gasteiger partial charge on any atom is -0.353 e. The molecule has 92 valence electrons. The van der Waals surface area contributed by atoms with Crippen molar-refractivity contribution >= 4 is 5.91 Å². The van der Waals surface area contributed by atoms with Gasteiger partial charge in [-0.05, 0) is 31.7 Å². The van der Waals surface area contributed by atoms with E-state index in [9.17, 15) is 4.79 Å². The molecule has 1 saturated carbocycles. The van der Waals surface area contributed by atoms with Gasteiger partial charge in [-0.25, -0.2) is 0 Å². The molecule has 4 heteroatoms. The van der Waals surface area contributed by atoms with E-state index in [1.165, 1.54) is 12.8 Å². The molecule has 2 unspecified atom stereocenters. The van der Waals surface area contributed by atoms with Crippen molar-refractivity contribution in [2.75, 3.05) is 19.6 Å². The second-order valence-corrected chi connectivity index (χ2v) is 4.91. The molecule has 1 heterocycles. The van der Waals surface area contributed by atoms with Gasteiger partial charge >= 0.3 is 0 Å². The van der Waals surface area contributed by atoms with Gasteiger partial charge in [-0.3, -0.25) is 4.79 Å². The van der Waals surface area contributed by atoms with Gasteiger partial charge in [0, 0.05) is 19.1 Å². The maximum atomic E-state index is 11.9. The molecule has 1 amide bonds. The molecular weight excluding hydrogens is 202 g/mol. The fourth-order valence-electron chi connectivity index (χ4n) is 2.36. The van der Waals surface area contributed by atoms with E-state index in [0.717, 1.165) is 38.5 Å². The highest BCUT2D eigenvalue weighted by atomic mass is 16.2. The quantitative estimate of drug-likeness (QED) is 0.568. The van der Waals surface area contributed by atoms with Crippen molar-refractivity contribution in [1.82, 2.24) is 16.0 Å². The van der Waals surface area contributed by atoms with Crippen molar-refractivity contribution in [1.29, 1.82) is 0 Å². The van der Waals surface area contributed by atoms with E-state index in [1.807, 2.05) is 0 Å². The third-order valence-electron chi connectivity index (χ3n) is 3.59. The first kappa shape index (κ1) is 11.9. The lowest BCUT2D eigenvalue weighted by atomic mass is 9.97. The lowest BCUT2D eigenvalue weighted by Gasteiger charge is -2.17. The van der Waals surface area contributed by atoms with Crippen LogP contribution in [0, 0.1) is 5.92 Å². The predicted molar refractivity (Wildman–Crippen MR) is 64.2 cm³/mol. The molecule has 2 rings (SSSR count). The largest absolute Gasteiger partial charge is 0.353 e. The summed E-state index contributed by atoms with van der Waals surface area (Å²) in [5.74, 6) is 0.707. The highest BCUT2D eigenvalue weighted by Gasteiger charge is 2.30. The van der Waals surface area contributed by atoms with E-state index in [2.05, 4.69) is 22.9 Å². The number of carbonyl (C=O) groups excluding carboxylic acids is 1. The van der Waals surface area contributed by atoms with Crippen molar-refractivity contribution < 1.29 is 4.79 Å². The zero-order valence-electron chi connectivity index (χ0n) is 10.1. The van der Waals surface area contributed by atoms with Gasteiger partial charge in [-0.2, -0.15) is 0 Å². The minimum absolute atomic E-state index is 0.0472. The third-order valence-corrected chi connectivity index (χ3v) is 3.59. The van der Waals surface area contributed by atoms with Crippen LogP contribution in [-0.2, 0) is 4.79 Å². The van der Waals surface area contributed by atoms with Crippen LogP contribution >= 0.6 is 0 Å². The number of nitrogens with one attached hydrogen (secondary N) is 3. The van der Waals surface area contributed by atoms with Crippen LogP contribution in [0.3, 0.4) is 0 Å². The Bertz CT molecular complexity index is 240. The standard InChI is InChI=1S/C12H23N3O/c1-2-9-5-6-14-11(9)12(16)15-8-7-13-10-3-4-10/h9-11,13-14H,2-8H2,1H3,(H,15,16). The summed E-state index contributed by atoms with van der Waals surface area (Å²) in [6, 6.07) is 0.774. The number of amides is 1. The molecule has 16 heavy (non-hydrogen) atoms. The maximum Gasteiger partial charge on any atom is 0.237 e. The molecule has 1 aliphatic carbocycles. The van der Waals surface area contributed by atoms with Crippen molar-refractivity contribution in [3.05, 3.63) is 0 Å². The van der Waals surface area contributed by atoms with Gasteiger partial charge in [0.15, 0.2) is 0 Å². The Kier molecular flexibility index (Phi) is 4.18. The highest BCUT2D eigenvalue weighted by Crippen LogP contribution is 2.19. The van der Waals surface area contributed by atoms with E-state index in [0.29, 0.717) is 5.92 Å². The zero-order chi connectivity index (χ0) is 11.4. The highest BCUT2D eigenvalue weighted by molar-refractivity contribution is 5.82. The van der Waals surface area contributed by atoms with Gasteiger partial charge < -0.3 is 16.0 Å². The molecule has 1 saturated heterocycles. The lowest BCUT2D eigenvalue weighted by Crippen LogP contribution is -2.45. The van der Waals surface area contributed by atoms with Gasteiger partial charge in [-0.1, -0.05) is 13.3 Å². The molecular formula is C12H23N3O. The first-order valence-electron chi connectivity index (χ1n) is 6.55. The van der Waals surface area contributed by atoms with Crippen LogP contribution in [0.15, 0.2) is 0 Å². The van der Waals surface area contributed by atoms with Gasteiger partial charge in [-0.15, -0.1) is 0 Å². The molecule has 4 nitrogen and oxygen atoms in total. The molecule has 0 bridgehead atoms. The summed E-state index contributed by atoms with van der Waals surface area (Å²) in [7, 11) is 0. The second-order valence-electron chi connectivity index (χ2n) is 4.91. The average Bonchev–Trinajstić information content (AvgIpc) is 2.99. The van der Waals surface area contributed by atoms with E-state index < -0.39 is 0 Å². The summed E-state index contributed by atoms with van der Waals surface area (Å²) in [5, 5.41) is 9.69. The van der Waals surface area contributed by atoms with Gasteiger partial charge in [0.1, 0.15) is 0 Å². The Morgan fingerprint density at radius 1 is 1.31 bits per heavy atom. The van der Waals surface area contributed by atoms with Crippen LogP contribution < -0.4 is 16.0 Å². The smallest absolute Gasteiger partial charge is 0.237 e.